The standard InChI is InChI=1S/C6H15NO/c1-5-7(3)6(2)8-4/h6H,5H2,1-4H3. The lowest BCUT2D eigenvalue weighted by molar-refractivity contribution is -0.000295. The van der Waals surface area contributed by atoms with Crippen LogP contribution in [0.3, 0.4) is 0 Å². The van der Waals surface area contributed by atoms with Crippen LogP contribution in [0.25, 0.3) is 0 Å². The lowest BCUT2D eigenvalue weighted by Gasteiger charge is -2.20. The minimum Gasteiger partial charge on any atom is -0.367 e. The summed E-state index contributed by atoms with van der Waals surface area (Å²) in [5, 5.41) is 0. The molecule has 0 saturated heterocycles. The molecule has 2 heteroatoms. The van der Waals surface area contributed by atoms with E-state index < -0.39 is 0 Å². The van der Waals surface area contributed by atoms with Crippen molar-refractivity contribution in [2.75, 3.05) is 20.7 Å². The lowest BCUT2D eigenvalue weighted by Crippen LogP contribution is -2.29. The molecule has 0 aliphatic carbocycles. The van der Waals surface area contributed by atoms with Gasteiger partial charge in [-0.1, -0.05) is 6.92 Å². The molecule has 0 aromatic carbocycles. The molecular formula is C6H15NO. The Balaban J connectivity index is 3.29. The van der Waals surface area contributed by atoms with Crippen LogP contribution in [0.2, 0.25) is 0 Å². The Morgan fingerprint density at radius 1 is 1.62 bits per heavy atom. The van der Waals surface area contributed by atoms with E-state index in [0.717, 1.165) is 6.54 Å². The van der Waals surface area contributed by atoms with Crippen molar-refractivity contribution in [2.45, 2.75) is 20.1 Å². The van der Waals surface area contributed by atoms with Gasteiger partial charge in [-0.05, 0) is 20.5 Å². The Kier molecular flexibility index (Phi) is 3.83. The van der Waals surface area contributed by atoms with Gasteiger partial charge in [0.2, 0.25) is 0 Å². The number of methoxy groups -OCH3 is 1. The number of rotatable bonds is 3. The molecule has 50 valence electrons. The Hall–Kier alpha value is -0.0800. The second-order valence-corrected chi connectivity index (χ2v) is 1.91. The third-order valence-corrected chi connectivity index (χ3v) is 1.46. The Morgan fingerprint density at radius 2 is 2.12 bits per heavy atom. The third-order valence-electron chi connectivity index (χ3n) is 1.46. The van der Waals surface area contributed by atoms with Crippen molar-refractivity contribution >= 4 is 0 Å². The van der Waals surface area contributed by atoms with Crippen LogP contribution in [-0.4, -0.2) is 31.8 Å². The van der Waals surface area contributed by atoms with Crippen LogP contribution in [0.5, 0.6) is 0 Å². The van der Waals surface area contributed by atoms with Gasteiger partial charge in [0.05, 0.1) is 0 Å². The highest BCUT2D eigenvalue weighted by molar-refractivity contribution is 4.46. The maximum atomic E-state index is 5.03. The molecule has 0 aliphatic rings. The van der Waals surface area contributed by atoms with Crippen LogP contribution in [0.15, 0.2) is 0 Å². The third kappa shape index (κ3) is 2.28. The summed E-state index contributed by atoms with van der Waals surface area (Å²) in [5.41, 5.74) is 0. The van der Waals surface area contributed by atoms with Gasteiger partial charge >= 0.3 is 0 Å². The molecule has 0 fully saturated rings. The zero-order valence-corrected chi connectivity index (χ0v) is 6.14. The zero-order valence-electron chi connectivity index (χ0n) is 6.14. The Labute approximate surface area is 51.4 Å². The first kappa shape index (κ1) is 7.92. The average molecular weight is 117 g/mol. The summed E-state index contributed by atoms with van der Waals surface area (Å²) in [4.78, 5) is 2.12. The predicted octanol–water partition coefficient (Wildman–Crippen LogP) is 0.930. The van der Waals surface area contributed by atoms with Gasteiger partial charge in [-0.3, -0.25) is 4.90 Å². The predicted molar refractivity (Wildman–Crippen MR) is 34.8 cm³/mol. The monoisotopic (exact) mass is 117 g/mol. The van der Waals surface area contributed by atoms with Crippen LogP contribution in [0.4, 0.5) is 0 Å². The van der Waals surface area contributed by atoms with Crippen molar-refractivity contribution in [2.24, 2.45) is 0 Å². The van der Waals surface area contributed by atoms with Crippen LogP contribution < -0.4 is 0 Å². The molecule has 0 N–H and O–H groups in total. The van der Waals surface area contributed by atoms with Gasteiger partial charge in [-0.2, -0.15) is 0 Å². The van der Waals surface area contributed by atoms with Gasteiger partial charge in [0.25, 0.3) is 0 Å². The van der Waals surface area contributed by atoms with E-state index in [4.69, 9.17) is 4.74 Å². The number of hydrogen-bond donors (Lipinski definition) is 0. The van der Waals surface area contributed by atoms with Gasteiger partial charge in [0.1, 0.15) is 6.23 Å². The number of hydrogen-bond acceptors (Lipinski definition) is 2. The molecule has 0 aromatic heterocycles. The average Bonchev–Trinajstić information content (AvgIpc) is 1.84. The smallest absolute Gasteiger partial charge is 0.107 e. The maximum absolute atomic E-state index is 5.03. The van der Waals surface area contributed by atoms with Crippen LogP contribution in [-0.2, 0) is 4.74 Å². The number of nitrogens with zero attached hydrogens (tertiary/aromatic N) is 1. The molecule has 1 atom stereocenters. The second-order valence-electron chi connectivity index (χ2n) is 1.91. The van der Waals surface area contributed by atoms with Gasteiger partial charge in [-0.25, -0.2) is 0 Å². The summed E-state index contributed by atoms with van der Waals surface area (Å²) in [5.74, 6) is 0. The summed E-state index contributed by atoms with van der Waals surface area (Å²) in [7, 11) is 3.75. The van der Waals surface area contributed by atoms with Crippen LogP contribution in [0, 0.1) is 0 Å². The molecule has 1 unspecified atom stereocenters. The summed E-state index contributed by atoms with van der Waals surface area (Å²) in [6.07, 6.45) is 0.250. The lowest BCUT2D eigenvalue weighted by atomic mass is 10.5. The van der Waals surface area contributed by atoms with Crippen molar-refractivity contribution < 1.29 is 4.74 Å². The summed E-state index contributed by atoms with van der Waals surface area (Å²) in [6, 6.07) is 0. The van der Waals surface area contributed by atoms with Gasteiger partial charge in [0.15, 0.2) is 0 Å². The maximum Gasteiger partial charge on any atom is 0.107 e. The zero-order chi connectivity index (χ0) is 6.57. The molecule has 2 nitrogen and oxygen atoms in total. The van der Waals surface area contributed by atoms with E-state index in [2.05, 4.69) is 11.8 Å². The van der Waals surface area contributed by atoms with E-state index in [9.17, 15) is 0 Å². The van der Waals surface area contributed by atoms with E-state index >= 15 is 0 Å². The fraction of sp³-hybridized carbons (Fsp3) is 1.00. The Bertz CT molecular complexity index is 48.5. The van der Waals surface area contributed by atoms with E-state index in [1.807, 2.05) is 14.0 Å². The normalized spacial score (nSPS) is 14.6. The molecule has 0 bridgehead atoms. The summed E-state index contributed by atoms with van der Waals surface area (Å²) in [6.45, 7) is 5.17. The molecule has 0 amide bonds. The van der Waals surface area contributed by atoms with E-state index in [1.165, 1.54) is 0 Å². The molecule has 0 aliphatic heterocycles. The largest absolute Gasteiger partial charge is 0.367 e. The molecule has 0 aromatic rings. The van der Waals surface area contributed by atoms with Gasteiger partial charge < -0.3 is 4.74 Å². The first-order valence-corrected chi connectivity index (χ1v) is 2.95. The fourth-order valence-corrected chi connectivity index (χ4v) is 0.437. The topological polar surface area (TPSA) is 12.5 Å². The highest BCUT2D eigenvalue weighted by Gasteiger charge is 2.01. The van der Waals surface area contributed by atoms with E-state index in [0.29, 0.717) is 0 Å². The number of ether oxygens (including phenoxy) is 1. The van der Waals surface area contributed by atoms with Crippen LogP contribution in [0.1, 0.15) is 13.8 Å². The molecule has 8 heavy (non-hydrogen) atoms. The van der Waals surface area contributed by atoms with Crippen molar-refractivity contribution in [3.63, 3.8) is 0 Å². The van der Waals surface area contributed by atoms with Crippen molar-refractivity contribution in [3.05, 3.63) is 0 Å². The van der Waals surface area contributed by atoms with E-state index in [-0.39, 0.29) is 6.23 Å². The molecule has 0 rings (SSSR count). The van der Waals surface area contributed by atoms with Crippen molar-refractivity contribution in [1.82, 2.24) is 4.90 Å². The molecule has 0 saturated carbocycles. The minimum atomic E-state index is 0.250. The van der Waals surface area contributed by atoms with Gasteiger partial charge in [-0.15, -0.1) is 0 Å². The summed E-state index contributed by atoms with van der Waals surface area (Å²) < 4.78 is 5.03. The van der Waals surface area contributed by atoms with E-state index in [1.54, 1.807) is 7.11 Å². The first-order chi connectivity index (χ1) is 3.72. The highest BCUT2D eigenvalue weighted by atomic mass is 16.5. The molecular weight excluding hydrogens is 102 g/mol. The van der Waals surface area contributed by atoms with Gasteiger partial charge in [0, 0.05) is 7.11 Å². The minimum absolute atomic E-state index is 0.250. The molecule has 0 spiro atoms. The molecule has 0 heterocycles. The van der Waals surface area contributed by atoms with Crippen LogP contribution >= 0.6 is 0 Å². The quantitative estimate of drug-likeness (QED) is 0.510. The van der Waals surface area contributed by atoms with Crippen molar-refractivity contribution in [3.8, 4) is 0 Å². The molecule has 0 radical (unpaired) electrons. The van der Waals surface area contributed by atoms with Crippen molar-refractivity contribution in [1.29, 1.82) is 0 Å². The second kappa shape index (κ2) is 3.87. The summed E-state index contributed by atoms with van der Waals surface area (Å²) >= 11 is 0. The SMILES string of the molecule is CCN(C)C(C)OC. The fourth-order valence-electron chi connectivity index (χ4n) is 0.437. The first-order valence-electron chi connectivity index (χ1n) is 2.95. The highest BCUT2D eigenvalue weighted by Crippen LogP contribution is 1.92. The Morgan fingerprint density at radius 3 is 2.25 bits per heavy atom.